The van der Waals surface area contributed by atoms with E-state index in [4.69, 9.17) is 0 Å². The molecule has 0 spiro atoms. The normalized spacial score (nSPS) is 17.4. The van der Waals surface area contributed by atoms with Gasteiger partial charge in [0, 0.05) is 17.1 Å². The predicted molar refractivity (Wildman–Crippen MR) is 108 cm³/mol. The molecule has 5 rings (SSSR count). The van der Waals surface area contributed by atoms with E-state index < -0.39 is 0 Å². The molecule has 0 radical (unpaired) electrons. The zero-order valence-corrected chi connectivity index (χ0v) is 15.4. The van der Waals surface area contributed by atoms with Crippen LogP contribution in [0.5, 0.6) is 0 Å². The first kappa shape index (κ1) is 16.0. The number of fused-ring (bicyclic) bond motifs is 3. The van der Waals surface area contributed by atoms with E-state index in [9.17, 15) is 4.39 Å². The molecule has 2 aromatic rings. The van der Waals surface area contributed by atoms with Crippen molar-refractivity contribution < 1.29 is 4.39 Å². The van der Waals surface area contributed by atoms with Crippen molar-refractivity contribution in [2.24, 2.45) is 9.98 Å². The Kier molecular flexibility index (Phi) is 3.98. The number of thioether (sulfide) groups is 2. The molecule has 0 saturated carbocycles. The van der Waals surface area contributed by atoms with Gasteiger partial charge in [0.05, 0.1) is 18.8 Å². The average molecular weight is 382 g/mol. The Labute approximate surface area is 159 Å². The zero-order valence-electron chi connectivity index (χ0n) is 13.8. The van der Waals surface area contributed by atoms with Crippen LogP contribution in [0.2, 0.25) is 0 Å². The molecule has 0 bridgehead atoms. The maximum absolute atomic E-state index is 13.4. The number of para-hydroxylation sites is 1. The lowest BCUT2D eigenvalue weighted by atomic mass is 10.1. The van der Waals surface area contributed by atoms with Crippen LogP contribution in [0, 0.1) is 5.82 Å². The quantitative estimate of drug-likeness (QED) is 0.799. The Morgan fingerprint density at radius 2 is 2.12 bits per heavy atom. The van der Waals surface area contributed by atoms with Crippen LogP contribution >= 0.6 is 23.5 Å². The first-order valence-electron chi connectivity index (χ1n) is 8.29. The van der Waals surface area contributed by atoms with E-state index in [1.54, 1.807) is 23.5 Å². The van der Waals surface area contributed by atoms with Crippen molar-refractivity contribution >= 4 is 45.2 Å². The number of nitrogens with one attached hydrogen (secondary N) is 1. The highest BCUT2D eigenvalue weighted by molar-refractivity contribution is 8.17. The first-order chi connectivity index (χ1) is 12.8. The minimum atomic E-state index is -0.241. The fourth-order valence-electron chi connectivity index (χ4n) is 3.10. The summed E-state index contributed by atoms with van der Waals surface area (Å²) in [6.45, 7) is 1.45. The summed E-state index contributed by atoms with van der Waals surface area (Å²) >= 11 is 3.30. The second-order valence-corrected chi connectivity index (χ2v) is 7.97. The lowest BCUT2D eigenvalue weighted by Gasteiger charge is -2.27. The maximum atomic E-state index is 13.4. The number of nitrogens with zero attached hydrogens (tertiary/aromatic N) is 3. The summed E-state index contributed by atoms with van der Waals surface area (Å²) in [7, 11) is 0. The lowest BCUT2D eigenvalue weighted by molar-refractivity contribution is 0.518. The number of amidine groups is 2. The van der Waals surface area contributed by atoms with Crippen LogP contribution in [-0.4, -0.2) is 21.0 Å². The highest BCUT2D eigenvalue weighted by atomic mass is 32.2. The highest BCUT2D eigenvalue weighted by Gasteiger charge is 2.28. The predicted octanol–water partition coefficient (Wildman–Crippen LogP) is 4.93. The summed E-state index contributed by atoms with van der Waals surface area (Å²) in [4.78, 5) is 11.4. The average Bonchev–Trinajstić information content (AvgIpc) is 3.06. The summed E-state index contributed by atoms with van der Waals surface area (Å²) in [5, 5.41) is 7.40. The molecule has 0 unspecified atom stereocenters. The number of anilines is 1. The summed E-state index contributed by atoms with van der Waals surface area (Å²) in [6.07, 6.45) is 0. The number of benzene rings is 2. The van der Waals surface area contributed by atoms with Gasteiger partial charge in [-0.25, -0.2) is 9.38 Å². The van der Waals surface area contributed by atoms with Crippen molar-refractivity contribution in [1.29, 1.82) is 0 Å². The fraction of sp³-hybridized carbons (Fsp3) is 0.158. The maximum Gasteiger partial charge on any atom is 0.173 e. The van der Waals surface area contributed by atoms with Crippen molar-refractivity contribution in [3.8, 4) is 0 Å². The lowest BCUT2D eigenvalue weighted by Crippen LogP contribution is -2.28. The minimum absolute atomic E-state index is 0.241. The molecular formula is C19H15FN4S2. The standard InChI is InChI=1S/C19H15FN4S2/c20-14-6-5-13-9-24-15(11-26-19(24)23-17(13)7-14)10-25-18-21-8-12-3-1-2-4-16(12)22-18/h1-7,11H,8-10H2,(H,21,22). The molecule has 130 valence electrons. The van der Waals surface area contributed by atoms with Gasteiger partial charge in [0.1, 0.15) is 5.82 Å². The Bertz CT molecular complexity index is 983. The van der Waals surface area contributed by atoms with Crippen molar-refractivity contribution in [1.82, 2.24) is 4.90 Å². The largest absolute Gasteiger partial charge is 0.335 e. The molecule has 0 amide bonds. The van der Waals surface area contributed by atoms with Crippen molar-refractivity contribution in [3.05, 3.63) is 70.5 Å². The second-order valence-electron chi connectivity index (χ2n) is 6.17. The van der Waals surface area contributed by atoms with E-state index >= 15 is 0 Å². The molecule has 0 aromatic heterocycles. The van der Waals surface area contributed by atoms with E-state index in [0.29, 0.717) is 6.54 Å². The molecule has 7 heteroatoms. The molecule has 0 saturated heterocycles. The van der Waals surface area contributed by atoms with E-state index in [2.05, 4.69) is 37.7 Å². The highest BCUT2D eigenvalue weighted by Crippen LogP contribution is 2.38. The molecule has 3 heterocycles. The van der Waals surface area contributed by atoms with Gasteiger partial charge >= 0.3 is 0 Å². The smallest absolute Gasteiger partial charge is 0.173 e. The van der Waals surface area contributed by atoms with Gasteiger partial charge < -0.3 is 10.2 Å². The van der Waals surface area contributed by atoms with E-state index in [1.165, 1.54) is 23.4 Å². The summed E-state index contributed by atoms with van der Waals surface area (Å²) in [5.41, 5.74) is 5.35. The van der Waals surface area contributed by atoms with Gasteiger partial charge in [-0.2, -0.15) is 0 Å². The minimum Gasteiger partial charge on any atom is -0.335 e. The third-order valence-electron chi connectivity index (χ3n) is 4.48. The number of halogens is 1. The van der Waals surface area contributed by atoms with Crippen molar-refractivity contribution in [2.75, 3.05) is 11.1 Å². The van der Waals surface area contributed by atoms with Gasteiger partial charge in [-0.05, 0) is 34.7 Å². The molecule has 1 N–H and O–H groups in total. The summed E-state index contributed by atoms with van der Waals surface area (Å²) in [5.74, 6) is 0.575. The summed E-state index contributed by atoms with van der Waals surface area (Å²) < 4.78 is 13.4. The van der Waals surface area contributed by atoms with Gasteiger partial charge in [0.25, 0.3) is 0 Å². The van der Waals surface area contributed by atoms with Crippen LogP contribution in [-0.2, 0) is 13.1 Å². The first-order valence-corrected chi connectivity index (χ1v) is 10.2. The van der Waals surface area contributed by atoms with Crippen LogP contribution in [0.1, 0.15) is 11.1 Å². The molecule has 26 heavy (non-hydrogen) atoms. The van der Waals surface area contributed by atoms with Crippen LogP contribution in [0.4, 0.5) is 15.8 Å². The van der Waals surface area contributed by atoms with Gasteiger partial charge in [-0.1, -0.05) is 47.8 Å². The third-order valence-corrected chi connectivity index (χ3v) is 6.34. The van der Waals surface area contributed by atoms with Gasteiger partial charge in [-0.3, -0.25) is 4.99 Å². The fourth-order valence-corrected chi connectivity index (χ4v) is 4.98. The van der Waals surface area contributed by atoms with Crippen molar-refractivity contribution in [3.63, 3.8) is 0 Å². The number of rotatable bonds is 2. The topological polar surface area (TPSA) is 40.0 Å². The van der Waals surface area contributed by atoms with Gasteiger partial charge in [0.2, 0.25) is 0 Å². The number of hydrogen-bond donors (Lipinski definition) is 1. The monoisotopic (exact) mass is 382 g/mol. The molecule has 3 aliphatic rings. The van der Waals surface area contributed by atoms with E-state index in [1.807, 2.05) is 18.2 Å². The molecule has 4 nitrogen and oxygen atoms in total. The van der Waals surface area contributed by atoms with Gasteiger partial charge in [0.15, 0.2) is 10.3 Å². The van der Waals surface area contributed by atoms with E-state index in [-0.39, 0.29) is 5.82 Å². The number of hydrogen-bond acceptors (Lipinski definition) is 6. The van der Waals surface area contributed by atoms with Gasteiger partial charge in [-0.15, -0.1) is 0 Å². The molecule has 0 fully saturated rings. The SMILES string of the molecule is Fc1ccc2c(c1)N=C1SC=C(CSC3=NCc4ccccc4N3)N1C2. The Hall–Kier alpha value is -2.25. The molecule has 3 aliphatic heterocycles. The molecule has 2 aromatic carbocycles. The van der Waals surface area contributed by atoms with Crippen LogP contribution in [0.25, 0.3) is 0 Å². The third kappa shape index (κ3) is 2.91. The number of aliphatic imine (C=N–C) groups is 2. The Morgan fingerprint density at radius 1 is 1.19 bits per heavy atom. The Morgan fingerprint density at radius 3 is 3.08 bits per heavy atom. The van der Waals surface area contributed by atoms with Crippen LogP contribution in [0.3, 0.4) is 0 Å². The zero-order chi connectivity index (χ0) is 17.5. The van der Waals surface area contributed by atoms with Crippen molar-refractivity contribution in [2.45, 2.75) is 13.1 Å². The second kappa shape index (κ2) is 6.48. The molecular weight excluding hydrogens is 367 g/mol. The van der Waals surface area contributed by atoms with Crippen LogP contribution in [0.15, 0.2) is 63.6 Å². The molecule has 0 aliphatic carbocycles. The van der Waals surface area contributed by atoms with Crippen LogP contribution < -0.4 is 5.32 Å². The summed E-state index contributed by atoms with van der Waals surface area (Å²) in [6, 6.07) is 13.1. The van der Waals surface area contributed by atoms with E-state index in [0.717, 1.165) is 39.6 Å². The molecule has 0 atom stereocenters. The Balaban J connectivity index is 1.27.